The Bertz CT molecular complexity index is 898. The minimum Gasteiger partial charge on any atom is -0.497 e. The molecule has 32 heavy (non-hydrogen) atoms. The fraction of sp³-hybridized carbons (Fsp3) is 0.500. The first-order valence-corrected chi connectivity index (χ1v) is 11.7. The highest BCUT2D eigenvalue weighted by Gasteiger charge is 2.49. The van der Waals surface area contributed by atoms with E-state index in [1.807, 2.05) is 30.9 Å². The molecular weight excluding hydrogens is 402 g/mol. The Morgan fingerprint density at radius 1 is 1.06 bits per heavy atom. The topological polar surface area (TPSA) is 65.0 Å². The van der Waals surface area contributed by atoms with Crippen LogP contribution in [0.1, 0.15) is 38.2 Å². The van der Waals surface area contributed by atoms with Gasteiger partial charge in [-0.3, -0.25) is 4.90 Å². The summed E-state index contributed by atoms with van der Waals surface area (Å²) in [6.07, 6.45) is 2.04. The Kier molecular flexibility index (Phi) is 7.01. The number of ether oxygens (including phenoxy) is 1. The third-order valence-corrected chi connectivity index (χ3v) is 6.79. The Balaban J connectivity index is 1.53. The summed E-state index contributed by atoms with van der Waals surface area (Å²) in [7, 11) is 1.67. The number of benzene rings is 2. The molecule has 2 aromatic carbocycles. The molecule has 2 heterocycles. The van der Waals surface area contributed by atoms with Crippen molar-refractivity contribution in [3.8, 4) is 16.9 Å². The Morgan fingerprint density at radius 3 is 2.28 bits per heavy atom. The maximum absolute atomic E-state index is 12.7. The summed E-state index contributed by atoms with van der Waals surface area (Å²) in [4.78, 5) is 17.1. The smallest absolute Gasteiger partial charge is 0.317 e. The number of methoxy groups -OCH3 is 1. The number of amides is 2. The quantitative estimate of drug-likeness (QED) is 0.749. The van der Waals surface area contributed by atoms with Crippen LogP contribution in [-0.4, -0.2) is 72.4 Å². The lowest BCUT2D eigenvalue weighted by Gasteiger charge is -2.57. The van der Waals surface area contributed by atoms with Gasteiger partial charge in [0, 0.05) is 37.1 Å². The minimum atomic E-state index is 0.0166. The first-order valence-electron chi connectivity index (χ1n) is 11.7. The highest BCUT2D eigenvalue weighted by molar-refractivity contribution is 5.74. The molecule has 0 radical (unpaired) electrons. The Hall–Kier alpha value is -2.57. The lowest BCUT2D eigenvalue weighted by Crippen LogP contribution is -2.68. The highest BCUT2D eigenvalue weighted by Crippen LogP contribution is 2.42. The number of urea groups is 1. The number of nitrogens with zero attached hydrogens (tertiary/aromatic N) is 2. The molecule has 3 atom stereocenters. The van der Waals surface area contributed by atoms with Crippen molar-refractivity contribution < 1.29 is 14.6 Å². The van der Waals surface area contributed by atoms with Crippen molar-refractivity contribution in [2.75, 3.05) is 33.4 Å². The molecule has 0 unspecified atom stereocenters. The van der Waals surface area contributed by atoms with Gasteiger partial charge in [-0.2, -0.15) is 0 Å². The van der Waals surface area contributed by atoms with Crippen LogP contribution in [0.4, 0.5) is 4.79 Å². The highest BCUT2D eigenvalue weighted by atomic mass is 16.5. The van der Waals surface area contributed by atoms with Gasteiger partial charge in [-0.05, 0) is 62.1 Å². The second kappa shape index (κ2) is 9.92. The molecule has 0 aromatic heterocycles. The van der Waals surface area contributed by atoms with E-state index in [2.05, 4.69) is 46.6 Å². The van der Waals surface area contributed by atoms with Gasteiger partial charge in [0.2, 0.25) is 0 Å². The minimum absolute atomic E-state index is 0.0166. The van der Waals surface area contributed by atoms with Crippen LogP contribution < -0.4 is 10.1 Å². The van der Waals surface area contributed by atoms with Gasteiger partial charge in [0.1, 0.15) is 5.75 Å². The second-order valence-electron chi connectivity index (χ2n) is 9.19. The van der Waals surface area contributed by atoms with E-state index in [1.165, 1.54) is 5.56 Å². The number of carbonyl (C=O) groups is 1. The monoisotopic (exact) mass is 437 g/mol. The van der Waals surface area contributed by atoms with Gasteiger partial charge in [-0.1, -0.05) is 36.4 Å². The summed E-state index contributed by atoms with van der Waals surface area (Å²) in [5.74, 6) is 1.07. The molecule has 6 heteroatoms. The number of fused-ring (bicyclic) bond motifs is 1. The summed E-state index contributed by atoms with van der Waals surface area (Å²) < 4.78 is 5.26. The zero-order valence-electron chi connectivity index (χ0n) is 19.3. The molecule has 0 aliphatic carbocycles. The van der Waals surface area contributed by atoms with Gasteiger partial charge in [0.05, 0.1) is 13.7 Å². The van der Waals surface area contributed by atoms with E-state index in [9.17, 15) is 9.90 Å². The number of hydrogen-bond acceptors (Lipinski definition) is 4. The lowest BCUT2D eigenvalue weighted by molar-refractivity contribution is -0.0591. The fourth-order valence-corrected chi connectivity index (χ4v) is 5.14. The summed E-state index contributed by atoms with van der Waals surface area (Å²) in [6.45, 7) is 6.59. The summed E-state index contributed by atoms with van der Waals surface area (Å²) in [5.41, 5.74) is 3.53. The predicted octanol–water partition coefficient (Wildman–Crippen LogP) is 3.70. The molecule has 2 aliphatic heterocycles. The van der Waals surface area contributed by atoms with Gasteiger partial charge in [-0.15, -0.1) is 0 Å². The molecule has 2 aromatic rings. The zero-order chi connectivity index (χ0) is 22.7. The van der Waals surface area contributed by atoms with Crippen molar-refractivity contribution in [1.29, 1.82) is 0 Å². The maximum Gasteiger partial charge on any atom is 0.317 e. The third-order valence-electron chi connectivity index (χ3n) is 6.79. The molecule has 172 valence electrons. The largest absolute Gasteiger partial charge is 0.497 e. The van der Waals surface area contributed by atoms with Crippen LogP contribution in [0.5, 0.6) is 5.75 Å². The number of hydrogen-bond donors (Lipinski definition) is 2. The predicted molar refractivity (Wildman–Crippen MR) is 127 cm³/mol. The van der Waals surface area contributed by atoms with Gasteiger partial charge >= 0.3 is 6.03 Å². The molecule has 2 saturated heterocycles. The average Bonchev–Trinajstić information content (AvgIpc) is 2.78. The second-order valence-corrected chi connectivity index (χ2v) is 9.19. The molecule has 4 rings (SSSR count). The van der Waals surface area contributed by atoms with Crippen LogP contribution in [0.2, 0.25) is 0 Å². The van der Waals surface area contributed by atoms with E-state index < -0.39 is 0 Å². The Morgan fingerprint density at radius 2 is 1.69 bits per heavy atom. The molecule has 2 fully saturated rings. The van der Waals surface area contributed by atoms with Crippen LogP contribution in [0.25, 0.3) is 11.1 Å². The molecule has 2 aliphatic rings. The number of nitrogens with one attached hydrogen (secondary N) is 1. The third kappa shape index (κ3) is 4.62. The van der Waals surface area contributed by atoms with Crippen molar-refractivity contribution in [2.45, 2.75) is 50.7 Å². The number of rotatable bonds is 5. The van der Waals surface area contributed by atoms with Crippen LogP contribution in [0.15, 0.2) is 48.5 Å². The van der Waals surface area contributed by atoms with Crippen LogP contribution in [-0.2, 0) is 0 Å². The van der Waals surface area contributed by atoms with Crippen molar-refractivity contribution in [2.24, 2.45) is 0 Å². The van der Waals surface area contributed by atoms with Crippen molar-refractivity contribution >= 4 is 6.03 Å². The van der Waals surface area contributed by atoms with Gasteiger partial charge in [-0.25, -0.2) is 4.79 Å². The van der Waals surface area contributed by atoms with Gasteiger partial charge in [0.25, 0.3) is 0 Å². The molecular formula is C26H35N3O3. The van der Waals surface area contributed by atoms with Crippen LogP contribution in [0.3, 0.4) is 0 Å². The lowest BCUT2D eigenvalue weighted by atomic mass is 9.74. The van der Waals surface area contributed by atoms with Crippen LogP contribution >= 0.6 is 0 Å². The van der Waals surface area contributed by atoms with Gasteiger partial charge < -0.3 is 20.1 Å². The molecule has 6 nitrogen and oxygen atoms in total. The SMILES string of the molecule is COc1ccc(-c2ccc([C@H]3[C@@H](CO)N4CCCCN(C(=O)NC(C)C)C[C@@H]34)cc2)cc1. The summed E-state index contributed by atoms with van der Waals surface area (Å²) in [5, 5.41) is 13.2. The molecule has 0 bridgehead atoms. The maximum atomic E-state index is 12.7. The molecule has 0 spiro atoms. The standard InChI is InChI=1S/C26H35N3O3/c1-18(2)27-26(31)28-14-4-5-15-29-23(16-28)25(24(29)17-30)21-8-6-19(7-9-21)20-10-12-22(32-3)13-11-20/h6-13,18,23-25,30H,4-5,14-17H2,1-3H3,(H,27,31)/t23-,24+,25+/m0/s1. The number of carbonyl (C=O) groups excluding carboxylic acids is 1. The first-order chi connectivity index (χ1) is 15.5. The van der Waals surface area contributed by atoms with Gasteiger partial charge in [0.15, 0.2) is 0 Å². The van der Waals surface area contributed by atoms with E-state index in [-0.39, 0.29) is 36.7 Å². The average molecular weight is 438 g/mol. The normalized spacial score (nSPS) is 23.7. The zero-order valence-corrected chi connectivity index (χ0v) is 19.3. The Labute approximate surface area is 191 Å². The van der Waals surface area contributed by atoms with E-state index in [0.29, 0.717) is 6.54 Å². The van der Waals surface area contributed by atoms with Crippen molar-refractivity contribution in [1.82, 2.24) is 15.1 Å². The summed E-state index contributed by atoms with van der Waals surface area (Å²) in [6, 6.07) is 17.2. The van der Waals surface area contributed by atoms with E-state index in [1.54, 1.807) is 7.11 Å². The molecule has 0 saturated carbocycles. The fourth-order valence-electron chi connectivity index (χ4n) is 5.14. The van der Waals surface area contributed by atoms with E-state index in [4.69, 9.17) is 4.74 Å². The van der Waals surface area contributed by atoms with Crippen LogP contribution in [0, 0.1) is 0 Å². The van der Waals surface area contributed by atoms with Crippen molar-refractivity contribution in [3.63, 3.8) is 0 Å². The number of aliphatic hydroxyl groups excluding tert-OH is 1. The summed E-state index contributed by atoms with van der Waals surface area (Å²) >= 11 is 0. The van der Waals surface area contributed by atoms with Crippen molar-refractivity contribution in [3.05, 3.63) is 54.1 Å². The molecule has 2 amide bonds. The molecule has 2 N–H and O–H groups in total. The number of aliphatic hydroxyl groups is 1. The first kappa shape index (κ1) is 22.6. The van der Waals surface area contributed by atoms with E-state index >= 15 is 0 Å². The van der Waals surface area contributed by atoms with E-state index in [0.717, 1.165) is 42.8 Å².